The van der Waals surface area contributed by atoms with Crippen molar-refractivity contribution < 1.29 is 14.0 Å². The lowest BCUT2D eigenvalue weighted by atomic mass is 10.1. The second kappa shape index (κ2) is 9.46. The van der Waals surface area contributed by atoms with E-state index in [9.17, 15) is 9.59 Å². The smallest absolute Gasteiger partial charge is 0.289 e. The molecule has 1 aliphatic rings. The Hall–Kier alpha value is -3.65. The van der Waals surface area contributed by atoms with Crippen molar-refractivity contribution >= 4 is 52.2 Å². The van der Waals surface area contributed by atoms with E-state index in [1.54, 1.807) is 41.0 Å². The van der Waals surface area contributed by atoms with Crippen molar-refractivity contribution in [2.75, 3.05) is 19.6 Å². The van der Waals surface area contributed by atoms with Crippen LogP contribution in [-0.2, 0) is 4.79 Å². The van der Waals surface area contributed by atoms with Crippen LogP contribution < -0.4 is 5.73 Å². The fraction of sp³-hybridized carbons (Fsp3) is 0.250. The summed E-state index contributed by atoms with van der Waals surface area (Å²) < 4.78 is 5.74. The summed E-state index contributed by atoms with van der Waals surface area (Å²) in [5, 5.41) is 1.35. The van der Waals surface area contributed by atoms with Gasteiger partial charge in [-0.2, -0.15) is 0 Å². The number of rotatable bonds is 3. The fourth-order valence-electron chi connectivity index (χ4n) is 3.95. The minimum absolute atomic E-state index is 0.105. The highest BCUT2D eigenvalue weighted by Gasteiger charge is 2.33. The molecule has 2 heterocycles. The number of fused-ring (bicyclic) bond motifs is 1. The van der Waals surface area contributed by atoms with E-state index < -0.39 is 5.91 Å². The normalized spacial score (nSPS) is 17.2. The Kier molecular flexibility index (Phi) is 6.46. The molecule has 0 radical (unpaired) electrons. The van der Waals surface area contributed by atoms with E-state index in [0.717, 1.165) is 5.39 Å². The zero-order valence-corrected chi connectivity index (χ0v) is 19.1. The van der Waals surface area contributed by atoms with Crippen LogP contribution in [0.15, 0.2) is 62.9 Å². The largest absolute Gasteiger partial charge is 0.461 e. The van der Waals surface area contributed by atoms with Crippen LogP contribution in [0.25, 0.3) is 11.0 Å². The standard InChI is InChI=1S/C24H24ClN5O3/c1-15-13-29(23(31)21-16(2)33-20-9-4-3-8-19(20)21)10-11-30(15)24(32)22(26)28-14-27-18-7-5-6-17(25)12-18/h3-9,12,14-15H,10-11,13H2,1-2H3,(H2,26,27,28). The van der Waals surface area contributed by atoms with Crippen LogP contribution in [-0.4, -0.2) is 59.5 Å². The molecule has 0 bridgehead atoms. The zero-order chi connectivity index (χ0) is 23.5. The third-order valence-electron chi connectivity index (χ3n) is 5.59. The third kappa shape index (κ3) is 4.75. The molecule has 2 amide bonds. The molecule has 170 valence electrons. The second-order valence-electron chi connectivity index (χ2n) is 7.87. The van der Waals surface area contributed by atoms with Gasteiger partial charge in [-0.25, -0.2) is 9.98 Å². The Bertz CT molecular complexity index is 1270. The van der Waals surface area contributed by atoms with Gasteiger partial charge in [0, 0.05) is 36.1 Å². The van der Waals surface area contributed by atoms with E-state index in [2.05, 4.69) is 9.98 Å². The Morgan fingerprint density at radius 2 is 1.97 bits per heavy atom. The molecule has 4 rings (SSSR count). The first-order valence-corrected chi connectivity index (χ1v) is 10.9. The lowest BCUT2D eigenvalue weighted by Crippen LogP contribution is -2.57. The molecule has 9 heteroatoms. The number of benzene rings is 2. The first kappa shape index (κ1) is 22.5. The SMILES string of the molecule is Cc1oc2ccccc2c1C(=O)N1CCN(C(=O)C(N)=NC=Nc2cccc(Cl)c2)C(C)C1. The van der Waals surface area contributed by atoms with Crippen molar-refractivity contribution in [2.45, 2.75) is 19.9 Å². The van der Waals surface area contributed by atoms with Crippen molar-refractivity contribution in [3.05, 3.63) is 64.9 Å². The molecular formula is C24H24ClN5O3. The monoisotopic (exact) mass is 465 g/mol. The van der Waals surface area contributed by atoms with Gasteiger partial charge in [0.15, 0.2) is 5.84 Å². The minimum Gasteiger partial charge on any atom is -0.461 e. The van der Waals surface area contributed by atoms with Gasteiger partial charge in [-0.05, 0) is 38.1 Å². The highest BCUT2D eigenvalue weighted by Crippen LogP contribution is 2.27. The molecule has 2 aromatic carbocycles. The van der Waals surface area contributed by atoms with E-state index in [-0.39, 0.29) is 17.8 Å². The van der Waals surface area contributed by atoms with Gasteiger partial charge in [-0.15, -0.1) is 0 Å². The number of nitrogens with two attached hydrogens (primary N) is 1. The molecule has 8 nitrogen and oxygen atoms in total. The van der Waals surface area contributed by atoms with Crippen molar-refractivity contribution in [2.24, 2.45) is 15.7 Å². The van der Waals surface area contributed by atoms with Gasteiger partial charge in [0.2, 0.25) is 0 Å². The number of amides is 2. The molecule has 1 fully saturated rings. The summed E-state index contributed by atoms with van der Waals surface area (Å²) in [7, 11) is 0. The lowest BCUT2D eigenvalue weighted by Gasteiger charge is -2.39. The predicted octanol–water partition coefficient (Wildman–Crippen LogP) is 3.78. The van der Waals surface area contributed by atoms with Crippen LogP contribution in [0.2, 0.25) is 5.02 Å². The van der Waals surface area contributed by atoms with E-state index >= 15 is 0 Å². The molecule has 3 aromatic rings. The van der Waals surface area contributed by atoms with E-state index in [4.69, 9.17) is 21.8 Å². The molecule has 1 aliphatic heterocycles. The van der Waals surface area contributed by atoms with Crippen LogP contribution >= 0.6 is 11.6 Å². The molecule has 1 aromatic heterocycles. The summed E-state index contributed by atoms with van der Waals surface area (Å²) in [4.78, 5) is 37.5. The second-order valence-corrected chi connectivity index (χ2v) is 8.30. The molecule has 1 unspecified atom stereocenters. The maximum Gasteiger partial charge on any atom is 0.289 e. The summed E-state index contributed by atoms with van der Waals surface area (Å²) in [5.41, 5.74) is 7.76. The first-order chi connectivity index (χ1) is 15.8. The van der Waals surface area contributed by atoms with Gasteiger partial charge in [-0.3, -0.25) is 9.59 Å². The zero-order valence-electron chi connectivity index (χ0n) is 18.4. The van der Waals surface area contributed by atoms with Crippen LogP contribution in [0.4, 0.5) is 5.69 Å². The summed E-state index contributed by atoms with van der Waals surface area (Å²) in [6.07, 6.45) is 1.23. The average Bonchev–Trinajstić information content (AvgIpc) is 3.13. The highest BCUT2D eigenvalue weighted by molar-refractivity contribution is 6.38. The van der Waals surface area contributed by atoms with Crippen LogP contribution in [0, 0.1) is 6.92 Å². The van der Waals surface area contributed by atoms with Gasteiger partial charge in [0.1, 0.15) is 17.7 Å². The molecule has 1 saturated heterocycles. The number of carbonyl (C=O) groups excluding carboxylic acids is 2. The molecule has 0 aliphatic carbocycles. The van der Waals surface area contributed by atoms with Crippen molar-refractivity contribution in [3.8, 4) is 0 Å². The number of carbonyl (C=O) groups is 2. The number of aliphatic imine (C=N–C) groups is 2. The Morgan fingerprint density at radius 3 is 2.73 bits per heavy atom. The van der Waals surface area contributed by atoms with E-state index in [1.807, 2.05) is 31.2 Å². The Balaban J connectivity index is 1.42. The summed E-state index contributed by atoms with van der Waals surface area (Å²) in [6.45, 7) is 4.79. The molecule has 2 N–H and O–H groups in total. The number of para-hydroxylation sites is 1. The number of nitrogens with zero attached hydrogens (tertiary/aromatic N) is 4. The number of piperazine rings is 1. The van der Waals surface area contributed by atoms with Crippen LogP contribution in [0.3, 0.4) is 0 Å². The van der Waals surface area contributed by atoms with Gasteiger partial charge >= 0.3 is 0 Å². The van der Waals surface area contributed by atoms with Crippen molar-refractivity contribution in [3.63, 3.8) is 0 Å². The third-order valence-corrected chi connectivity index (χ3v) is 5.83. The molecule has 1 atom stereocenters. The fourth-order valence-corrected chi connectivity index (χ4v) is 4.14. The van der Waals surface area contributed by atoms with Gasteiger partial charge < -0.3 is 20.0 Å². The van der Waals surface area contributed by atoms with Crippen LogP contribution in [0.1, 0.15) is 23.0 Å². The van der Waals surface area contributed by atoms with Crippen molar-refractivity contribution in [1.82, 2.24) is 9.80 Å². The summed E-state index contributed by atoms with van der Waals surface area (Å²) in [6, 6.07) is 14.2. The summed E-state index contributed by atoms with van der Waals surface area (Å²) in [5.74, 6) is -0.0735. The predicted molar refractivity (Wildman–Crippen MR) is 129 cm³/mol. The maximum absolute atomic E-state index is 13.2. The summed E-state index contributed by atoms with van der Waals surface area (Å²) >= 11 is 5.93. The quantitative estimate of drug-likeness (QED) is 0.469. The van der Waals surface area contributed by atoms with Gasteiger partial charge in [-0.1, -0.05) is 35.9 Å². The number of furan rings is 1. The molecular weight excluding hydrogens is 442 g/mol. The minimum atomic E-state index is -0.392. The molecule has 0 saturated carbocycles. The first-order valence-electron chi connectivity index (χ1n) is 10.5. The Labute approximate surface area is 196 Å². The van der Waals surface area contributed by atoms with Gasteiger partial charge in [0.25, 0.3) is 11.8 Å². The number of halogens is 1. The average molecular weight is 466 g/mol. The Morgan fingerprint density at radius 1 is 1.18 bits per heavy atom. The topological polar surface area (TPSA) is 104 Å². The lowest BCUT2D eigenvalue weighted by molar-refractivity contribution is -0.128. The molecule has 0 spiro atoms. The van der Waals surface area contributed by atoms with Crippen molar-refractivity contribution in [1.29, 1.82) is 0 Å². The molecule has 33 heavy (non-hydrogen) atoms. The van der Waals surface area contributed by atoms with Crippen LogP contribution in [0.5, 0.6) is 0 Å². The van der Waals surface area contributed by atoms with E-state index in [0.29, 0.717) is 47.3 Å². The maximum atomic E-state index is 13.2. The number of amidine groups is 1. The number of aryl methyl sites for hydroxylation is 1. The number of hydrogen-bond donors (Lipinski definition) is 1. The van der Waals surface area contributed by atoms with Gasteiger partial charge in [0.05, 0.1) is 11.3 Å². The highest BCUT2D eigenvalue weighted by atomic mass is 35.5. The van der Waals surface area contributed by atoms with E-state index in [1.165, 1.54) is 6.34 Å². The number of hydrogen-bond acceptors (Lipinski definition) is 4.